The zero-order chi connectivity index (χ0) is 17.7. The van der Waals surface area contributed by atoms with Crippen molar-refractivity contribution in [3.05, 3.63) is 24.3 Å². The Bertz CT molecular complexity index is 549. The van der Waals surface area contributed by atoms with Crippen LogP contribution in [0.1, 0.15) is 20.8 Å². The summed E-state index contributed by atoms with van der Waals surface area (Å²) in [5.41, 5.74) is -0.211. The number of amides is 2. The lowest BCUT2D eigenvalue weighted by Gasteiger charge is -2.17. The van der Waals surface area contributed by atoms with Gasteiger partial charge in [-0.25, -0.2) is 0 Å². The number of benzene rings is 1. The van der Waals surface area contributed by atoms with Crippen LogP contribution in [0.5, 0.6) is 5.75 Å². The molecule has 0 heterocycles. The van der Waals surface area contributed by atoms with Crippen molar-refractivity contribution in [1.29, 1.82) is 0 Å². The number of anilines is 1. The molecule has 0 aromatic heterocycles. The highest BCUT2D eigenvalue weighted by Gasteiger charge is 2.28. The molecule has 128 valence electrons. The minimum atomic E-state index is -4.40. The summed E-state index contributed by atoms with van der Waals surface area (Å²) in [5, 5.41) is 5.01. The zero-order valence-corrected chi connectivity index (χ0v) is 13.1. The number of ether oxygens (including phenoxy) is 1. The normalized spacial score (nSPS) is 11.7. The van der Waals surface area contributed by atoms with E-state index in [-0.39, 0.29) is 18.2 Å². The lowest BCUT2D eigenvalue weighted by atomic mass is 9.96. The second kappa shape index (κ2) is 7.34. The molecular weight excluding hydrogens is 313 g/mol. The van der Waals surface area contributed by atoms with E-state index in [1.165, 1.54) is 24.3 Å². The molecule has 0 saturated heterocycles. The van der Waals surface area contributed by atoms with E-state index in [0.717, 1.165) is 0 Å². The van der Waals surface area contributed by atoms with E-state index in [2.05, 4.69) is 15.4 Å². The number of hydrogen-bond donors (Lipinski definition) is 2. The summed E-state index contributed by atoms with van der Waals surface area (Å²) in [5.74, 6) is -0.656. The molecule has 0 bridgehead atoms. The number of halogens is 3. The van der Waals surface area contributed by atoms with Gasteiger partial charge in [-0.2, -0.15) is 13.2 Å². The maximum atomic E-state index is 12.0. The van der Waals surface area contributed by atoms with Gasteiger partial charge in [0.05, 0.1) is 6.54 Å². The fraction of sp³-hybridized carbons (Fsp3) is 0.467. The van der Waals surface area contributed by atoms with Crippen LogP contribution in [0, 0.1) is 5.41 Å². The summed E-state index contributed by atoms with van der Waals surface area (Å²) in [6, 6.07) is 5.45. The molecule has 0 aliphatic heterocycles. The lowest BCUT2D eigenvalue weighted by Crippen LogP contribution is -2.39. The molecular formula is C15H19F3N2O3. The van der Waals surface area contributed by atoms with Crippen LogP contribution in [-0.2, 0) is 9.59 Å². The van der Waals surface area contributed by atoms with E-state index in [4.69, 9.17) is 0 Å². The predicted octanol–water partition coefficient (Wildman–Crippen LogP) is 2.73. The predicted molar refractivity (Wildman–Crippen MR) is 79.1 cm³/mol. The first-order valence-corrected chi connectivity index (χ1v) is 6.85. The van der Waals surface area contributed by atoms with E-state index >= 15 is 0 Å². The zero-order valence-electron chi connectivity index (χ0n) is 13.1. The Morgan fingerprint density at radius 3 is 2.13 bits per heavy atom. The summed E-state index contributed by atoms with van der Waals surface area (Å²) in [6.45, 7) is 3.60. The van der Waals surface area contributed by atoms with E-state index in [1.807, 2.05) is 0 Å². The van der Waals surface area contributed by atoms with Gasteiger partial charge in [-0.1, -0.05) is 20.8 Å². The number of alkyl halides is 3. The Labute approximate surface area is 132 Å². The Hall–Kier alpha value is -2.25. The van der Waals surface area contributed by atoms with Crippen LogP contribution < -0.4 is 15.4 Å². The van der Waals surface area contributed by atoms with E-state index < -0.39 is 24.1 Å². The second-order valence-corrected chi connectivity index (χ2v) is 5.91. The molecule has 0 aliphatic carbocycles. The smallest absolute Gasteiger partial charge is 0.422 e. The van der Waals surface area contributed by atoms with Gasteiger partial charge in [-0.05, 0) is 24.3 Å². The van der Waals surface area contributed by atoms with Crippen LogP contribution in [-0.4, -0.2) is 31.1 Å². The van der Waals surface area contributed by atoms with Crippen LogP contribution in [0.15, 0.2) is 24.3 Å². The maximum Gasteiger partial charge on any atom is 0.422 e. The van der Waals surface area contributed by atoms with Crippen molar-refractivity contribution in [2.24, 2.45) is 5.41 Å². The van der Waals surface area contributed by atoms with Crippen molar-refractivity contribution in [3.63, 3.8) is 0 Å². The number of hydrogen-bond acceptors (Lipinski definition) is 3. The van der Waals surface area contributed by atoms with Crippen molar-refractivity contribution >= 4 is 17.5 Å². The van der Waals surface area contributed by atoms with Gasteiger partial charge in [0, 0.05) is 11.1 Å². The van der Waals surface area contributed by atoms with Crippen LogP contribution in [0.2, 0.25) is 0 Å². The van der Waals surface area contributed by atoms with Gasteiger partial charge in [0.25, 0.3) is 0 Å². The largest absolute Gasteiger partial charge is 0.484 e. The molecule has 2 amide bonds. The van der Waals surface area contributed by atoms with Crippen molar-refractivity contribution in [3.8, 4) is 5.75 Å². The minimum absolute atomic E-state index is 0.0429. The molecule has 0 unspecified atom stereocenters. The SMILES string of the molecule is CC(C)(C)C(=O)NCC(=O)Nc1ccc(OCC(F)(F)F)cc1. The Morgan fingerprint density at radius 1 is 1.09 bits per heavy atom. The second-order valence-electron chi connectivity index (χ2n) is 5.91. The average molecular weight is 332 g/mol. The monoisotopic (exact) mass is 332 g/mol. The Kier molecular flexibility index (Phi) is 6.00. The Morgan fingerprint density at radius 2 is 1.65 bits per heavy atom. The van der Waals surface area contributed by atoms with Gasteiger partial charge in [-0.3, -0.25) is 9.59 Å². The summed E-state index contributed by atoms with van der Waals surface area (Å²) in [6.07, 6.45) is -4.40. The van der Waals surface area contributed by atoms with Crippen molar-refractivity contribution in [2.75, 3.05) is 18.5 Å². The number of rotatable bonds is 5. The van der Waals surface area contributed by atoms with Crippen molar-refractivity contribution in [2.45, 2.75) is 26.9 Å². The van der Waals surface area contributed by atoms with Gasteiger partial charge in [0.1, 0.15) is 5.75 Å². The quantitative estimate of drug-likeness (QED) is 0.871. The van der Waals surface area contributed by atoms with Crippen LogP contribution >= 0.6 is 0 Å². The highest BCUT2D eigenvalue weighted by Crippen LogP contribution is 2.20. The average Bonchev–Trinajstić information content (AvgIpc) is 2.42. The van der Waals surface area contributed by atoms with Gasteiger partial charge in [0.15, 0.2) is 6.61 Å². The van der Waals surface area contributed by atoms with E-state index in [9.17, 15) is 22.8 Å². The first-order valence-electron chi connectivity index (χ1n) is 6.85. The molecule has 0 aliphatic rings. The summed E-state index contributed by atoms with van der Waals surface area (Å²) in [7, 11) is 0. The van der Waals surface area contributed by atoms with Crippen LogP contribution in [0.3, 0.4) is 0 Å². The maximum absolute atomic E-state index is 12.0. The van der Waals surface area contributed by atoms with Gasteiger partial charge in [0.2, 0.25) is 11.8 Å². The third kappa shape index (κ3) is 7.53. The number of carbonyl (C=O) groups is 2. The van der Waals surface area contributed by atoms with Crippen molar-refractivity contribution < 1.29 is 27.5 Å². The highest BCUT2D eigenvalue weighted by atomic mass is 19.4. The van der Waals surface area contributed by atoms with Crippen LogP contribution in [0.25, 0.3) is 0 Å². The summed E-state index contributed by atoms with van der Waals surface area (Å²) < 4.78 is 40.6. The van der Waals surface area contributed by atoms with E-state index in [1.54, 1.807) is 20.8 Å². The molecule has 2 N–H and O–H groups in total. The van der Waals surface area contributed by atoms with E-state index in [0.29, 0.717) is 5.69 Å². The first kappa shape index (κ1) is 18.8. The first-order chi connectivity index (χ1) is 10.5. The molecule has 0 spiro atoms. The van der Waals surface area contributed by atoms with Crippen LogP contribution in [0.4, 0.5) is 18.9 Å². The molecule has 0 fully saturated rings. The topological polar surface area (TPSA) is 67.4 Å². The molecule has 1 aromatic carbocycles. The number of nitrogens with one attached hydrogen (secondary N) is 2. The molecule has 1 aromatic rings. The van der Waals surface area contributed by atoms with Gasteiger partial charge >= 0.3 is 6.18 Å². The molecule has 0 radical (unpaired) electrons. The van der Waals surface area contributed by atoms with Crippen molar-refractivity contribution in [1.82, 2.24) is 5.32 Å². The third-order valence-corrected chi connectivity index (χ3v) is 2.63. The fourth-order valence-corrected chi connectivity index (χ4v) is 1.43. The molecule has 5 nitrogen and oxygen atoms in total. The third-order valence-electron chi connectivity index (χ3n) is 2.63. The fourth-order valence-electron chi connectivity index (χ4n) is 1.43. The van der Waals surface area contributed by atoms with Gasteiger partial charge < -0.3 is 15.4 Å². The molecule has 23 heavy (non-hydrogen) atoms. The summed E-state index contributed by atoms with van der Waals surface area (Å²) >= 11 is 0. The molecule has 0 atom stereocenters. The molecule has 8 heteroatoms. The number of carbonyl (C=O) groups excluding carboxylic acids is 2. The highest BCUT2D eigenvalue weighted by molar-refractivity contribution is 5.95. The standard InChI is InChI=1S/C15H19F3N2O3/c1-14(2,3)13(22)19-8-12(21)20-10-4-6-11(7-5-10)23-9-15(16,17)18/h4-7H,8-9H2,1-3H3,(H,19,22)(H,20,21). The van der Waals surface area contributed by atoms with Gasteiger partial charge in [-0.15, -0.1) is 0 Å². The lowest BCUT2D eigenvalue weighted by molar-refractivity contribution is -0.153. The summed E-state index contributed by atoms with van der Waals surface area (Å²) in [4.78, 5) is 23.3. The molecule has 1 rings (SSSR count). The Balaban J connectivity index is 2.46. The minimum Gasteiger partial charge on any atom is -0.484 e. The molecule has 0 saturated carbocycles.